The van der Waals surface area contributed by atoms with Crippen LogP contribution in [0.1, 0.15) is 59.8 Å². The van der Waals surface area contributed by atoms with E-state index in [1.54, 1.807) is 13.8 Å². The lowest BCUT2D eigenvalue weighted by Crippen LogP contribution is -2.63. The van der Waals surface area contributed by atoms with Gasteiger partial charge in [0.25, 0.3) is 0 Å². The van der Waals surface area contributed by atoms with E-state index < -0.39 is 17.7 Å². The molecule has 3 rings (SSSR count). The third-order valence-corrected chi connectivity index (χ3v) is 6.07. The standard InChI is InChI=1S/C20H30N2O5/c1-5-8-9-10-13-11-14-15-12-20(4,16(14)17(13)23)22(19(25)27-7-3)21(15)18(24)26-6-2/h11,14-16H,5-10,12H2,1-4H3/t14-,15+,16+,20-/m1/s1. The van der Waals surface area contributed by atoms with Crippen LogP contribution in [0.4, 0.5) is 9.59 Å². The van der Waals surface area contributed by atoms with Gasteiger partial charge in [-0.2, -0.15) is 0 Å². The van der Waals surface area contributed by atoms with Gasteiger partial charge >= 0.3 is 12.2 Å². The van der Waals surface area contributed by atoms with E-state index in [-0.39, 0.29) is 36.9 Å². The molecule has 2 aliphatic carbocycles. The molecular weight excluding hydrogens is 348 g/mol. The highest BCUT2D eigenvalue weighted by molar-refractivity contribution is 6.02. The maximum absolute atomic E-state index is 13.1. The summed E-state index contributed by atoms with van der Waals surface area (Å²) in [6.45, 7) is 7.91. The Morgan fingerprint density at radius 1 is 1.15 bits per heavy atom. The van der Waals surface area contributed by atoms with Gasteiger partial charge in [-0.3, -0.25) is 4.79 Å². The Morgan fingerprint density at radius 2 is 1.81 bits per heavy atom. The fourth-order valence-corrected chi connectivity index (χ4v) is 5.02. The Labute approximate surface area is 160 Å². The highest BCUT2D eigenvalue weighted by Crippen LogP contribution is 2.57. The number of hydrogen-bond acceptors (Lipinski definition) is 5. The average molecular weight is 378 g/mol. The number of nitrogens with zero attached hydrogens (tertiary/aromatic N) is 2. The SMILES string of the molecule is CCCCCC1=C[C@H]2[C@@H](C1=O)[C@@]1(C)C[C@@H]2N(C(=O)OCC)N1C(=O)OCC. The number of allylic oxidation sites excluding steroid dienone is 1. The zero-order valence-corrected chi connectivity index (χ0v) is 16.7. The molecule has 1 aliphatic heterocycles. The molecule has 2 amide bonds. The first-order chi connectivity index (χ1) is 12.9. The quantitative estimate of drug-likeness (QED) is 0.659. The molecule has 1 heterocycles. The normalized spacial score (nSPS) is 31.2. The predicted octanol–water partition coefficient (Wildman–Crippen LogP) is 3.68. The van der Waals surface area contributed by atoms with Crippen LogP contribution in [0.25, 0.3) is 0 Å². The first-order valence-electron chi connectivity index (χ1n) is 10.1. The molecule has 4 atom stereocenters. The first-order valence-corrected chi connectivity index (χ1v) is 10.1. The van der Waals surface area contributed by atoms with Gasteiger partial charge in [-0.05, 0) is 45.6 Å². The van der Waals surface area contributed by atoms with Crippen molar-refractivity contribution >= 4 is 18.0 Å². The Kier molecular flexibility index (Phi) is 5.49. The molecule has 0 aromatic heterocycles. The van der Waals surface area contributed by atoms with Crippen LogP contribution in [0, 0.1) is 11.8 Å². The average Bonchev–Trinajstić information content (AvgIpc) is 3.21. The molecule has 0 unspecified atom stereocenters. The predicted molar refractivity (Wildman–Crippen MR) is 98.7 cm³/mol. The van der Waals surface area contributed by atoms with Gasteiger partial charge in [0.15, 0.2) is 5.78 Å². The zero-order valence-electron chi connectivity index (χ0n) is 16.7. The Hall–Kier alpha value is -2.05. The number of Topliss-reactive ketones (excluding diaryl/α,β-unsaturated/α-hetero) is 1. The molecule has 27 heavy (non-hydrogen) atoms. The molecule has 3 aliphatic rings. The van der Waals surface area contributed by atoms with Crippen LogP contribution in [0.15, 0.2) is 11.6 Å². The third-order valence-electron chi connectivity index (χ3n) is 6.07. The summed E-state index contributed by atoms with van der Waals surface area (Å²) in [7, 11) is 0. The maximum atomic E-state index is 13.1. The molecule has 150 valence electrons. The first kappa shape index (κ1) is 19.7. The summed E-state index contributed by atoms with van der Waals surface area (Å²) in [6, 6.07) is -0.254. The van der Waals surface area contributed by atoms with E-state index in [4.69, 9.17) is 9.47 Å². The van der Waals surface area contributed by atoms with Crippen molar-refractivity contribution in [2.45, 2.75) is 71.4 Å². The van der Waals surface area contributed by atoms with Crippen molar-refractivity contribution < 1.29 is 23.9 Å². The van der Waals surface area contributed by atoms with E-state index in [0.29, 0.717) is 6.42 Å². The van der Waals surface area contributed by atoms with Crippen LogP contribution in [-0.2, 0) is 14.3 Å². The molecule has 7 heteroatoms. The highest BCUT2D eigenvalue weighted by atomic mass is 16.6. The van der Waals surface area contributed by atoms with Crippen molar-refractivity contribution in [2.24, 2.45) is 11.8 Å². The van der Waals surface area contributed by atoms with Crippen LogP contribution in [-0.4, -0.2) is 52.8 Å². The van der Waals surface area contributed by atoms with Crippen molar-refractivity contribution in [1.82, 2.24) is 10.0 Å². The minimum Gasteiger partial charge on any atom is -0.448 e. The second kappa shape index (κ2) is 7.52. The minimum atomic E-state index is -0.769. The number of ether oxygens (including phenoxy) is 2. The molecule has 1 saturated heterocycles. The van der Waals surface area contributed by atoms with Crippen LogP contribution in [0.2, 0.25) is 0 Å². The molecular formula is C20H30N2O5. The van der Waals surface area contributed by atoms with Crippen molar-refractivity contribution in [3.05, 3.63) is 11.6 Å². The molecule has 0 spiro atoms. The number of rotatable bonds is 6. The van der Waals surface area contributed by atoms with Gasteiger partial charge < -0.3 is 9.47 Å². The summed E-state index contributed by atoms with van der Waals surface area (Å²) in [4.78, 5) is 38.4. The summed E-state index contributed by atoms with van der Waals surface area (Å²) in [5.74, 6) is -0.248. The largest absolute Gasteiger partial charge is 0.448 e. The molecule has 0 N–H and O–H groups in total. The van der Waals surface area contributed by atoms with E-state index in [1.807, 2.05) is 13.0 Å². The van der Waals surface area contributed by atoms with E-state index in [9.17, 15) is 14.4 Å². The van der Waals surface area contributed by atoms with E-state index in [2.05, 4.69) is 6.92 Å². The maximum Gasteiger partial charge on any atom is 0.429 e. The summed E-state index contributed by atoms with van der Waals surface area (Å²) in [5.41, 5.74) is 0.0814. The number of fused-ring (bicyclic) bond motifs is 5. The fraction of sp³-hybridized carbons (Fsp3) is 0.750. The van der Waals surface area contributed by atoms with Crippen LogP contribution < -0.4 is 0 Å². The van der Waals surface area contributed by atoms with Crippen LogP contribution >= 0.6 is 0 Å². The Bertz CT molecular complexity index is 661. The van der Waals surface area contributed by atoms with Gasteiger partial charge in [0.05, 0.1) is 30.7 Å². The van der Waals surface area contributed by atoms with Crippen molar-refractivity contribution in [3.63, 3.8) is 0 Å². The van der Waals surface area contributed by atoms with Gasteiger partial charge in [-0.1, -0.05) is 25.8 Å². The van der Waals surface area contributed by atoms with Gasteiger partial charge in [0, 0.05) is 5.92 Å². The number of unbranched alkanes of at least 4 members (excludes halogenated alkanes) is 2. The number of hydrogen-bond donors (Lipinski definition) is 0. The summed E-state index contributed by atoms with van der Waals surface area (Å²) >= 11 is 0. The fourth-order valence-electron chi connectivity index (χ4n) is 5.02. The minimum absolute atomic E-state index is 0.0609. The molecule has 0 aromatic rings. The Balaban J connectivity index is 1.91. The summed E-state index contributed by atoms with van der Waals surface area (Å²) in [6.07, 6.45) is 5.39. The van der Waals surface area contributed by atoms with E-state index in [1.165, 1.54) is 10.0 Å². The summed E-state index contributed by atoms with van der Waals surface area (Å²) < 4.78 is 10.4. The van der Waals surface area contributed by atoms with Gasteiger partial charge in [0.1, 0.15) is 0 Å². The molecule has 2 fully saturated rings. The van der Waals surface area contributed by atoms with Crippen molar-refractivity contribution in [3.8, 4) is 0 Å². The van der Waals surface area contributed by atoms with Gasteiger partial charge in [-0.25, -0.2) is 19.6 Å². The molecule has 2 bridgehead atoms. The molecule has 7 nitrogen and oxygen atoms in total. The van der Waals surface area contributed by atoms with E-state index >= 15 is 0 Å². The van der Waals surface area contributed by atoms with Crippen molar-refractivity contribution in [2.75, 3.05) is 13.2 Å². The van der Waals surface area contributed by atoms with Crippen LogP contribution in [0.3, 0.4) is 0 Å². The second-order valence-electron chi connectivity index (χ2n) is 7.75. The third kappa shape index (κ3) is 3.01. The van der Waals surface area contributed by atoms with Crippen molar-refractivity contribution in [1.29, 1.82) is 0 Å². The number of hydrazine groups is 1. The summed E-state index contributed by atoms with van der Waals surface area (Å²) in [5, 5.41) is 2.74. The smallest absolute Gasteiger partial charge is 0.429 e. The topological polar surface area (TPSA) is 76.2 Å². The number of ketones is 1. The molecule has 1 saturated carbocycles. The van der Waals surface area contributed by atoms with Gasteiger partial charge in [0.2, 0.25) is 0 Å². The van der Waals surface area contributed by atoms with Crippen LogP contribution in [0.5, 0.6) is 0 Å². The lowest BCUT2D eigenvalue weighted by Gasteiger charge is -2.45. The number of amides is 2. The number of carbonyl (C=O) groups excluding carboxylic acids is 3. The Morgan fingerprint density at radius 3 is 2.44 bits per heavy atom. The lowest BCUT2D eigenvalue weighted by molar-refractivity contribution is -0.133. The zero-order chi connectivity index (χ0) is 19.8. The van der Waals surface area contributed by atoms with E-state index in [0.717, 1.165) is 31.3 Å². The molecule has 0 aromatic carbocycles. The highest BCUT2D eigenvalue weighted by Gasteiger charge is 2.70. The van der Waals surface area contributed by atoms with Gasteiger partial charge in [-0.15, -0.1) is 0 Å². The molecule has 0 radical (unpaired) electrons. The second-order valence-corrected chi connectivity index (χ2v) is 7.75. The number of carbonyl (C=O) groups is 3. The lowest BCUT2D eigenvalue weighted by atomic mass is 9.82. The monoisotopic (exact) mass is 378 g/mol.